The summed E-state index contributed by atoms with van der Waals surface area (Å²) in [6.45, 7) is 4.09. The van der Waals surface area contributed by atoms with Crippen LogP contribution in [-0.2, 0) is 6.42 Å². The molecule has 0 unspecified atom stereocenters. The zero-order valence-corrected chi connectivity index (χ0v) is 10.1. The average molecular weight is 236 g/mol. The number of pyridine rings is 1. The van der Waals surface area contributed by atoms with Crippen LogP contribution < -0.4 is 11.3 Å². The Balaban J connectivity index is 2.78. The van der Waals surface area contributed by atoms with Crippen LogP contribution in [0.4, 0.5) is 5.82 Å². The first-order chi connectivity index (χ1) is 7.65. The molecule has 2 aromatic rings. The first-order valence-electron chi connectivity index (χ1n) is 5.22. The van der Waals surface area contributed by atoms with Crippen molar-refractivity contribution in [1.29, 1.82) is 0 Å². The predicted molar refractivity (Wildman–Crippen MR) is 68.7 cm³/mol. The molecule has 0 radical (unpaired) electrons. The fourth-order valence-electron chi connectivity index (χ4n) is 1.82. The number of hydrazine groups is 1. The summed E-state index contributed by atoms with van der Waals surface area (Å²) in [5, 5.41) is 1.72. The molecular weight excluding hydrogens is 222 g/mol. The molecule has 4 heteroatoms. The summed E-state index contributed by atoms with van der Waals surface area (Å²) in [5.74, 6) is 6.14. The molecule has 16 heavy (non-hydrogen) atoms. The fraction of sp³-hybridized carbons (Fsp3) is 0.250. The van der Waals surface area contributed by atoms with E-state index in [0.717, 1.165) is 28.5 Å². The number of nitrogens with two attached hydrogens (primary N) is 1. The van der Waals surface area contributed by atoms with Crippen molar-refractivity contribution < 1.29 is 0 Å². The van der Waals surface area contributed by atoms with Crippen LogP contribution in [-0.4, -0.2) is 4.98 Å². The predicted octanol–water partition coefficient (Wildman–Crippen LogP) is 3.04. The second kappa shape index (κ2) is 4.28. The number of anilines is 1. The Morgan fingerprint density at radius 3 is 2.75 bits per heavy atom. The highest BCUT2D eigenvalue weighted by molar-refractivity contribution is 6.35. The van der Waals surface area contributed by atoms with Gasteiger partial charge >= 0.3 is 0 Å². The quantitative estimate of drug-likeness (QED) is 0.621. The number of benzene rings is 1. The second-order valence-corrected chi connectivity index (χ2v) is 4.22. The summed E-state index contributed by atoms with van der Waals surface area (Å²) < 4.78 is 0. The van der Waals surface area contributed by atoms with Gasteiger partial charge in [-0.05, 0) is 42.7 Å². The smallest absolute Gasteiger partial charge is 0.143 e. The molecule has 0 aliphatic heterocycles. The van der Waals surface area contributed by atoms with Gasteiger partial charge < -0.3 is 5.43 Å². The highest BCUT2D eigenvalue weighted by atomic mass is 35.5. The summed E-state index contributed by atoms with van der Waals surface area (Å²) in [5.41, 5.74) is 5.63. The lowest BCUT2D eigenvalue weighted by molar-refractivity contribution is 1.10. The Hall–Kier alpha value is -1.32. The number of hydrogen-bond acceptors (Lipinski definition) is 3. The monoisotopic (exact) mass is 235 g/mol. The van der Waals surface area contributed by atoms with Gasteiger partial charge in [-0.1, -0.05) is 18.5 Å². The molecule has 0 aliphatic carbocycles. The standard InChI is InChI=1S/C12H14ClN3/c1-3-8-6-9-4-7(2)5-10(13)11(9)15-12(8)16-14/h4-6H,3,14H2,1-2H3,(H,15,16). The van der Waals surface area contributed by atoms with Gasteiger partial charge in [0.1, 0.15) is 5.82 Å². The zero-order valence-electron chi connectivity index (χ0n) is 9.34. The number of nitrogens with one attached hydrogen (secondary N) is 1. The van der Waals surface area contributed by atoms with Crippen molar-refractivity contribution in [3.63, 3.8) is 0 Å². The number of aryl methyl sites for hydroxylation is 2. The molecule has 0 bridgehead atoms. The molecule has 0 amide bonds. The van der Waals surface area contributed by atoms with Crippen molar-refractivity contribution in [3.8, 4) is 0 Å². The maximum Gasteiger partial charge on any atom is 0.143 e. The van der Waals surface area contributed by atoms with E-state index in [2.05, 4.69) is 29.5 Å². The molecular formula is C12H14ClN3. The van der Waals surface area contributed by atoms with Crippen LogP contribution in [0.3, 0.4) is 0 Å². The van der Waals surface area contributed by atoms with Crippen molar-refractivity contribution in [3.05, 3.63) is 34.3 Å². The third-order valence-corrected chi connectivity index (χ3v) is 2.90. The Labute approximate surface area is 99.6 Å². The van der Waals surface area contributed by atoms with E-state index >= 15 is 0 Å². The van der Waals surface area contributed by atoms with E-state index in [1.54, 1.807) is 0 Å². The van der Waals surface area contributed by atoms with Crippen LogP contribution in [0.25, 0.3) is 10.9 Å². The van der Waals surface area contributed by atoms with Gasteiger partial charge in [0, 0.05) is 5.39 Å². The topological polar surface area (TPSA) is 50.9 Å². The highest BCUT2D eigenvalue weighted by Crippen LogP contribution is 2.27. The Morgan fingerprint density at radius 1 is 1.38 bits per heavy atom. The summed E-state index contributed by atoms with van der Waals surface area (Å²) in [6, 6.07) is 6.06. The van der Waals surface area contributed by atoms with Crippen LogP contribution in [0, 0.1) is 6.92 Å². The molecule has 1 aromatic carbocycles. The molecule has 0 aliphatic rings. The lowest BCUT2D eigenvalue weighted by atomic mass is 10.1. The minimum absolute atomic E-state index is 0.661. The minimum atomic E-state index is 0.661. The lowest BCUT2D eigenvalue weighted by Gasteiger charge is -2.09. The highest BCUT2D eigenvalue weighted by Gasteiger charge is 2.07. The molecule has 0 spiro atoms. The van der Waals surface area contributed by atoms with E-state index < -0.39 is 0 Å². The normalized spacial score (nSPS) is 10.8. The van der Waals surface area contributed by atoms with E-state index in [0.29, 0.717) is 10.8 Å². The molecule has 84 valence electrons. The Kier molecular flexibility index (Phi) is 2.99. The van der Waals surface area contributed by atoms with Crippen LogP contribution in [0.1, 0.15) is 18.1 Å². The average Bonchev–Trinajstić information content (AvgIpc) is 2.27. The van der Waals surface area contributed by atoms with Gasteiger partial charge in [-0.25, -0.2) is 10.8 Å². The van der Waals surface area contributed by atoms with Gasteiger partial charge in [-0.2, -0.15) is 0 Å². The molecule has 3 N–H and O–H groups in total. The maximum absolute atomic E-state index is 6.16. The zero-order chi connectivity index (χ0) is 11.7. The SMILES string of the molecule is CCc1cc2cc(C)cc(Cl)c2nc1NN. The molecule has 1 heterocycles. The third-order valence-electron chi connectivity index (χ3n) is 2.61. The van der Waals surface area contributed by atoms with Crippen LogP contribution in [0.5, 0.6) is 0 Å². The molecule has 0 saturated carbocycles. The summed E-state index contributed by atoms with van der Waals surface area (Å²) in [6.07, 6.45) is 0.883. The van der Waals surface area contributed by atoms with Crippen molar-refractivity contribution in [1.82, 2.24) is 4.98 Å². The van der Waals surface area contributed by atoms with Gasteiger partial charge in [0.25, 0.3) is 0 Å². The number of halogens is 1. The molecule has 2 rings (SSSR count). The number of hydrogen-bond donors (Lipinski definition) is 2. The molecule has 0 saturated heterocycles. The molecule has 0 atom stereocenters. The van der Waals surface area contributed by atoms with Crippen molar-refractivity contribution in [2.24, 2.45) is 5.84 Å². The second-order valence-electron chi connectivity index (χ2n) is 3.81. The number of aromatic nitrogens is 1. The summed E-state index contributed by atoms with van der Waals surface area (Å²) >= 11 is 6.16. The number of nitrogens with zero attached hydrogens (tertiary/aromatic N) is 1. The maximum atomic E-state index is 6.16. The number of fused-ring (bicyclic) bond motifs is 1. The Bertz CT molecular complexity index is 537. The van der Waals surface area contributed by atoms with Crippen LogP contribution in [0.15, 0.2) is 18.2 Å². The van der Waals surface area contributed by atoms with E-state index in [4.69, 9.17) is 17.4 Å². The van der Waals surface area contributed by atoms with Gasteiger partial charge in [0.2, 0.25) is 0 Å². The largest absolute Gasteiger partial charge is 0.308 e. The number of rotatable bonds is 2. The molecule has 3 nitrogen and oxygen atoms in total. The Morgan fingerprint density at radius 2 is 2.12 bits per heavy atom. The first-order valence-corrected chi connectivity index (χ1v) is 5.60. The lowest BCUT2D eigenvalue weighted by Crippen LogP contribution is -2.11. The van der Waals surface area contributed by atoms with Crippen LogP contribution in [0.2, 0.25) is 5.02 Å². The third kappa shape index (κ3) is 1.84. The van der Waals surface area contributed by atoms with E-state index in [9.17, 15) is 0 Å². The van der Waals surface area contributed by atoms with Crippen molar-refractivity contribution >= 4 is 28.3 Å². The van der Waals surface area contributed by atoms with Gasteiger partial charge in [0.05, 0.1) is 10.5 Å². The van der Waals surface area contributed by atoms with E-state index in [1.165, 1.54) is 0 Å². The van der Waals surface area contributed by atoms with Gasteiger partial charge in [-0.15, -0.1) is 0 Å². The molecule has 0 fully saturated rings. The van der Waals surface area contributed by atoms with E-state index in [1.807, 2.05) is 13.0 Å². The fourth-order valence-corrected chi connectivity index (χ4v) is 2.15. The van der Waals surface area contributed by atoms with Crippen molar-refractivity contribution in [2.45, 2.75) is 20.3 Å². The minimum Gasteiger partial charge on any atom is -0.308 e. The van der Waals surface area contributed by atoms with Crippen molar-refractivity contribution in [2.75, 3.05) is 5.43 Å². The summed E-state index contributed by atoms with van der Waals surface area (Å²) in [4.78, 5) is 4.44. The molecule has 1 aromatic heterocycles. The summed E-state index contributed by atoms with van der Waals surface area (Å²) in [7, 11) is 0. The van der Waals surface area contributed by atoms with Gasteiger partial charge in [-0.3, -0.25) is 0 Å². The van der Waals surface area contributed by atoms with Gasteiger partial charge in [0.15, 0.2) is 0 Å². The number of nitrogen functional groups attached to an aromatic ring is 1. The van der Waals surface area contributed by atoms with E-state index in [-0.39, 0.29) is 0 Å². The van der Waals surface area contributed by atoms with Crippen LogP contribution >= 0.6 is 11.6 Å². The first kappa shape index (κ1) is 11.2.